The fourth-order valence-corrected chi connectivity index (χ4v) is 3.05. The molecule has 0 atom stereocenters. The second-order valence-corrected chi connectivity index (χ2v) is 5.69. The molecule has 0 unspecified atom stereocenters. The highest BCUT2D eigenvalue weighted by molar-refractivity contribution is 9.10. The minimum atomic E-state index is -2.72. The number of H-pyrrole nitrogens is 2. The summed E-state index contributed by atoms with van der Waals surface area (Å²) >= 11 is 3.15. The number of fused-ring (bicyclic) bond motifs is 2. The van der Waals surface area contributed by atoms with Crippen LogP contribution in [0.4, 0.5) is 8.78 Å². The maximum absolute atomic E-state index is 12.8. The van der Waals surface area contributed by atoms with Gasteiger partial charge < -0.3 is 4.98 Å². The van der Waals surface area contributed by atoms with Crippen LogP contribution < -0.4 is 5.69 Å². The van der Waals surface area contributed by atoms with E-state index in [4.69, 9.17) is 0 Å². The summed E-state index contributed by atoms with van der Waals surface area (Å²) in [6.45, 7) is -2.72. The lowest BCUT2D eigenvalue weighted by molar-refractivity contribution is 0.0542. The maximum atomic E-state index is 12.8. The van der Waals surface area contributed by atoms with Crippen molar-refractivity contribution >= 4 is 38.0 Å². The predicted octanol–water partition coefficient (Wildman–Crippen LogP) is 3.43. The van der Waals surface area contributed by atoms with Crippen molar-refractivity contribution in [1.29, 1.82) is 0 Å². The fraction of sp³-hybridized carbons (Fsp3) is 0.0714. The molecule has 0 saturated heterocycles. The van der Waals surface area contributed by atoms with Gasteiger partial charge >= 0.3 is 12.2 Å². The molecule has 6 nitrogen and oxygen atoms in total. The highest BCUT2D eigenvalue weighted by Crippen LogP contribution is 2.32. The molecule has 9 heteroatoms. The third-order valence-electron chi connectivity index (χ3n) is 3.53. The van der Waals surface area contributed by atoms with Gasteiger partial charge in [-0.05, 0) is 39.7 Å². The Kier molecular flexibility index (Phi) is 3.05. The van der Waals surface area contributed by atoms with E-state index in [0.717, 1.165) is 10.9 Å². The standard InChI is InChI=1S/C14H8BrF2N5O/c15-11-8(5-18-22(11)13(16)17)6-1-2-9-7(3-6)4-10-12(19-9)21-14(23)20-10/h1-5,13H,(H2,19,20,21,23). The number of hydrogen-bond donors (Lipinski definition) is 2. The molecule has 2 N–H and O–H groups in total. The van der Waals surface area contributed by atoms with Gasteiger partial charge in [0, 0.05) is 10.9 Å². The monoisotopic (exact) mass is 379 g/mol. The van der Waals surface area contributed by atoms with Gasteiger partial charge in [-0.1, -0.05) is 6.07 Å². The van der Waals surface area contributed by atoms with Gasteiger partial charge in [0.2, 0.25) is 0 Å². The third-order valence-corrected chi connectivity index (χ3v) is 4.32. The predicted molar refractivity (Wildman–Crippen MR) is 84.4 cm³/mol. The summed E-state index contributed by atoms with van der Waals surface area (Å²) in [5, 5.41) is 4.46. The van der Waals surface area contributed by atoms with Crippen molar-refractivity contribution in [2.24, 2.45) is 0 Å². The molecular weight excluding hydrogens is 372 g/mol. The highest BCUT2D eigenvalue weighted by atomic mass is 79.9. The number of imidazole rings is 1. The molecular formula is C14H8BrF2N5O. The molecule has 0 spiro atoms. The van der Waals surface area contributed by atoms with Crippen LogP contribution in [-0.2, 0) is 0 Å². The first-order valence-electron chi connectivity index (χ1n) is 6.57. The first kappa shape index (κ1) is 14.1. The molecule has 3 aromatic heterocycles. The van der Waals surface area contributed by atoms with Crippen LogP contribution in [-0.4, -0.2) is 24.7 Å². The van der Waals surface area contributed by atoms with E-state index in [1.165, 1.54) is 6.20 Å². The molecule has 0 saturated carbocycles. The van der Waals surface area contributed by atoms with E-state index in [1.54, 1.807) is 18.2 Å². The van der Waals surface area contributed by atoms with Crippen LogP contribution in [0.1, 0.15) is 6.55 Å². The summed E-state index contributed by atoms with van der Waals surface area (Å²) in [5.74, 6) is 0. The zero-order chi connectivity index (χ0) is 16.1. The smallest absolute Gasteiger partial charge is 0.304 e. The number of aromatic nitrogens is 5. The number of rotatable bonds is 2. The van der Waals surface area contributed by atoms with Gasteiger partial charge in [0.05, 0.1) is 17.2 Å². The first-order valence-corrected chi connectivity index (χ1v) is 7.36. The Morgan fingerprint density at radius 2 is 2.04 bits per heavy atom. The summed E-state index contributed by atoms with van der Waals surface area (Å²) in [7, 11) is 0. The van der Waals surface area contributed by atoms with Gasteiger partial charge in [0.25, 0.3) is 0 Å². The lowest BCUT2D eigenvalue weighted by Crippen LogP contribution is -1.99. The second kappa shape index (κ2) is 4.98. The van der Waals surface area contributed by atoms with Gasteiger partial charge in [-0.3, -0.25) is 4.98 Å². The van der Waals surface area contributed by atoms with Gasteiger partial charge in [0.15, 0.2) is 5.65 Å². The van der Waals surface area contributed by atoms with Gasteiger partial charge in [0.1, 0.15) is 4.60 Å². The van der Waals surface area contributed by atoms with Crippen LogP contribution in [0.3, 0.4) is 0 Å². The molecule has 0 aliphatic carbocycles. The van der Waals surface area contributed by atoms with Crippen LogP contribution in [0.5, 0.6) is 0 Å². The minimum Gasteiger partial charge on any atom is -0.304 e. The molecule has 0 bridgehead atoms. The SMILES string of the molecule is O=c1[nH]c2cc3cc(-c4cnn(C(F)F)c4Br)ccc3nc2[nH]1. The van der Waals surface area contributed by atoms with E-state index >= 15 is 0 Å². The molecule has 0 amide bonds. The van der Waals surface area contributed by atoms with E-state index < -0.39 is 6.55 Å². The van der Waals surface area contributed by atoms with Crippen LogP contribution in [0, 0.1) is 0 Å². The van der Waals surface area contributed by atoms with Crippen molar-refractivity contribution < 1.29 is 8.78 Å². The molecule has 0 aliphatic rings. The first-order chi connectivity index (χ1) is 11.0. The number of pyridine rings is 1. The second-order valence-electron chi connectivity index (χ2n) is 4.94. The van der Waals surface area contributed by atoms with Crippen LogP contribution >= 0.6 is 15.9 Å². The van der Waals surface area contributed by atoms with Crippen molar-refractivity contribution in [2.75, 3.05) is 0 Å². The van der Waals surface area contributed by atoms with Crippen molar-refractivity contribution in [3.05, 3.63) is 45.5 Å². The van der Waals surface area contributed by atoms with Crippen molar-refractivity contribution in [3.8, 4) is 11.1 Å². The number of aromatic amines is 2. The fourth-order valence-electron chi connectivity index (χ4n) is 2.47. The van der Waals surface area contributed by atoms with Crippen LogP contribution in [0.15, 0.2) is 39.9 Å². The minimum absolute atomic E-state index is 0.205. The Morgan fingerprint density at radius 3 is 2.78 bits per heavy atom. The summed E-state index contributed by atoms with van der Waals surface area (Å²) < 4.78 is 26.4. The molecule has 116 valence electrons. The number of nitrogens with zero attached hydrogens (tertiary/aromatic N) is 3. The zero-order valence-electron chi connectivity index (χ0n) is 11.3. The molecule has 0 radical (unpaired) electrons. The molecule has 23 heavy (non-hydrogen) atoms. The molecule has 4 rings (SSSR count). The van der Waals surface area contributed by atoms with Crippen molar-refractivity contribution in [2.45, 2.75) is 6.55 Å². The van der Waals surface area contributed by atoms with Gasteiger partial charge in [-0.15, -0.1) is 0 Å². The van der Waals surface area contributed by atoms with E-state index in [2.05, 4.69) is 36.0 Å². The largest absolute Gasteiger partial charge is 0.334 e. The van der Waals surface area contributed by atoms with Gasteiger partial charge in [-0.2, -0.15) is 18.6 Å². The van der Waals surface area contributed by atoms with E-state index in [0.29, 0.717) is 26.9 Å². The summed E-state index contributed by atoms with van der Waals surface area (Å²) in [6, 6.07) is 7.13. The Morgan fingerprint density at radius 1 is 1.22 bits per heavy atom. The summed E-state index contributed by atoms with van der Waals surface area (Å²) in [4.78, 5) is 20.9. The van der Waals surface area contributed by atoms with E-state index in [1.807, 2.05) is 6.07 Å². The molecule has 3 heterocycles. The Hall–Kier alpha value is -2.55. The Bertz CT molecular complexity index is 1100. The summed E-state index contributed by atoms with van der Waals surface area (Å²) in [5.41, 5.74) is 2.69. The Balaban J connectivity index is 1.91. The lowest BCUT2D eigenvalue weighted by Gasteiger charge is -2.04. The topological polar surface area (TPSA) is 79.4 Å². The van der Waals surface area contributed by atoms with E-state index in [-0.39, 0.29) is 10.3 Å². The van der Waals surface area contributed by atoms with Crippen LogP contribution in [0.25, 0.3) is 33.2 Å². The molecule has 0 fully saturated rings. The normalized spacial score (nSPS) is 11.8. The van der Waals surface area contributed by atoms with E-state index in [9.17, 15) is 13.6 Å². The number of halogens is 3. The number of nitrogens with one attached hydrogen (secondary N) is 2. The summed E-state index contributed by atoms with van der Waals surface area (Å²) in [6.07, 6.45) is 1.38. The van der Waals surface area contributed by atoms with Gasteiger partial charge in [-0.25, -0.2) is 9.78 Å². The number of alkyl halides is 2. The molecule has 1 aromatic carbocycles. The van der Waals surface area contributed by atoms with Crippen molar-refractivity contribution in [1.82, 2.24) is 24.7 Å². The van der Waals surface area contributed by atoms with Crippen molar-refractivity contribution in [3.63, 3.8) is 0 Å². The lowest BCUT2D eigenvalue weighted by atomic mass is 10.1. The highest BCUT2D eigenvalue weighted by Gasteiger charge is 2.16. The molecule has 0 aliphatic heterocycles. The average molecular weight is 380 g/mol. The average Bonchev–Trinajstić information content (AvgIpc) is 3.05. The quantitative estimate of drug-likeness (QED) is 0.559. The zero-order valence-corrected chi connectivity index (χ0v) is 12.9. The van der Waals surface area contributed by atoms with Crippen LogP contribution in [0.2, 0.25) is 0 Å². The third kappa shape index (κ3) is 2.24. The Labute approximate surface area is 135 Å². The number of benzene rings is 1. The molecule has 4 aromatic rings. The number of hydrogen-bond acceptors (Lipinski definition) is 3. The maximum Gasteiger partial charge on any atom is 0.334 e.